The van der Waals surface area contributed by atoms with Crippen molar-refractivity contribution in [1.29, 1.82) is 0 Å². The van der Waals surface area contributed by atoms with E-state index in [9.17, 15) is 19.5 Å². The summed E-state index contributed by atoms with van der Waals surface area (Å²) in [6.07, 6.45) is 1.79. The maximum atomic E-state index is 12.6. The van der Waals surface area contributed by atoms with Gasteiger partial charge in [-0.15, -0.1) is 0 Å². The lowest BCUT2D eigenvalue weighted by Gasteiger charge is -2.25. The van der Waals surface area contributed by atoms with Gasteiger partial charge in [-0.2, -0.15) is 0 Å². The molecule has 0 saturated heterocycles. The molecule has 0 spiro atoms. The molecule has 11 heteroatoms. The second-order valence-electron chi connectivity index (χ2n) is 8.56. The number of amides is 2. The normalized spacial score (nSPS) is 13.9. The van der Waals surface area contributed by atoms with E-state index in [2.05, 4.69) is 15.6 Å². The van der Waals surface area contributed by atoms with Crippen LogP contribution in [0.3, 0.4) is 0 Å². The van der Waals surface area contributed by atoms with E-state index in [0.717, 1.165) is 30.8 Å². The van der Waals surface area contributed by atoms with Crippen LogP contribution in [-0.2, 0) is 16.0 Å². The first-order valence-corrected chi connectivity index (χ1v) is 12.7. The number of aliphatic imine (C=N–C) groups is 1. The fourth-order valence-corrected chi connectivity index (χ4v) is 4.32. The van der Waals surface area contributed by atoms with Crippen LogP contribution in [0.5, 0.6) is 5.75 Å². The Hall–Kier alpha value is -3.30. The zero-order chi connectivity index (χ0) is 26.8. The number of unbranched alkanes of at least 4 members (excludes halogenated alkanes) is 1. The Morgan fingerprint density at radius 1 is 1.11 bits per heavy atom. The highest BCUT2D eigenvalue weighted by atomic mass is 35.5. The predicted octanol–water partition coefficient (Wildman–Crippen LogP) is 3.43. The molecule has 3 N–H and O–H groups in total. The Kier molecular flexibility index (Phi) is 10.6. The van der Waals surface area contributed by atoms with Gasteiger partial charge in [-0.05, 0) is 42.7 Å². The van der Waals surface area contributed by atoms with Crippen molar-refractivity contribution in [2.24, 2.45) is 4.99 Å². The molecule has 1 atom stereocenters. The summed E-state index contributed by atoms with van der Waals surface area (Å²) in [5, 5.41) is 15.7. The van der Waals surface area contributed by atoms with Crippen LogP contribution in [0.25, 0.3) is 0 Å². The van der Waals surface area contributed by atoms with Crippen LogP contribution in [0.2, 0.25) is 10.0 Å². The molecule has 0 fully saturated rings. The fraction of sp³-hybridized carbons (Fsp3) is 0.385. The van der Waals surface area contributed by atoms with Gasteiger partial charge in [-0.3, -0.25) is 14.6 Å². The number of halogens is 2. The van der Waals surface area contributed by atoms with Crippen molar-refractivity contribution in [3.8, 4) is 5.75 Å². The first-order valence-electron chi connectivity index (χ1n) is 12.0. The van der Waals surface area contributed by atoms with Crippen LogP contribution < -0.4 is 15.4 Å². The molecule has 1 heterocycles. The minimum Gasteiger partial charge on any atom is -0.494 e. The molecule has 2 aromatic rings. The van der Waals surface area contributed by atoms with E-state index in [1.807, 2.05) is 0 Å². The van der Waals surface area contributed by atoms with Gasteiger partial charge in [0.1, 0.15) is 17.6 Å². The number of hydrogen-bond donors (Lipinski definition) is 3. The van der Waals surface area contributed by atoms with Crippen molar-refractivity contribution >= 4 is 46.8 Å². The summed E-state index contributed by atoms with van der Waals surface area (Å²) in [6.45, 7) is 4.65. The molecule has 0 unspecified atom stereocenters. The quantitative estimate of drug-likeness (QED) is 0.370. The summed E-state index contributed by atoms with van der Waals surface area (Å²) in [7, 11) is 0. The number of amidine groups is 1. The van der Waals surface area contributed by atoms with Gasteiger partial charge < -0.3 is 25.4 Å². The van der Waals surface area contributed by atoms with Gasteiger partial charge >= 0.3 is 5.97 Å². The highest BCUT2D eigenvalue weighted by Crippen LogP contribution is 2.24. The summed E-state index contributed by atoms with van der Waals surface area (Å²) in [5.74, 6) is -0.255. The molecule has 0 aliphatic carbocycles. The molecule has 0 saturated carbocycles. The van der Waals surface area contributed by atoms with Crippen molar-refractivity contribution in [3.05, 3.63) is 63.6 Å². The molecule has 0 bridgehead atoms. The Morgan fingerprint density at radius 2 is 1.81 bits per heavy atom. The van der Waals surface area contributed by atoms with Crippen molar-refractivity contribution in [2.75, 3.05) is 32.8 Å². The smallest absolute Gasteiger partial charge is 0.326 e. The van der Waals surface area contributed by atoms with Crippen molar-refractivity contribution in [1.82, 2.24) is 15.5 Å². The second kappa shape index (κ2) is 13.9. The van der Waals surface area contributed by atoms with Gasteiger partial charge in [0, 0.05) is 26.4 Å². The number of ether oxygens (including phenoxy) is 1. The van der Waals surface area contributed by atoms with Crippen LogP contribution in [0, 0.1) is 0 Å². The second-order valence-corrected chi connectivity index (χ2v) is 9.37. The van der Waals surface area contributed by atoms with Gasteiger partial charge in [0.25, 0.3) is 5.91 Å². The van der Waals surface area contributed by atoms with E-state index in [0.29, 0.717) is 32.0 Å². The average Bonchev–Trinajstić information content (AvgIpc) is 2.86. The molecule has 1 aliphatic heterocycles. The van der Waals surface area contributed by atoms with Crippen molar-refractivity contribution < 1.29 is 24.2 Å². The lowest BCUT2D eigenvalue weighted by molar-refractivity contribution is -0.139. The monoisotopic (exact) mass is 548 g/mol. The first kappa shape index (κ1) is 28.3. The van der Waals surface area contributed by atoms with E-state index in [4.69, 9.17) is 27.9 Å². The lowest BCUT2D eigenvalue weighted by Crippen LogP contribution is -2.44. The maximum Gasteiger partial charge on any atom is 0.326 e. The molecule has 2 amide bonds. The third-order valence-electron chi connectivity index (χ3n) is 5.78. The number of aliphatic carboxylic acids is 1. The Balaban J connectivity index is 1.41. The number of carboxylic acids is 1. The molecule has 9 nitrogen and oxygen atoms in total. The molecule has 1 aliphatic rings. The van der Waals surface area contributed by atoms with E-state index >= 15 is 0 Å². The number of rotatable bonds is 11. The van der Waals surface area contributed by atoms with Crippen LogP contribution in [-0.4, -0.2) is 72.5 Å². The topological polar surface area (TPSA) is 120 Å². The minimum atomic E-state index is -1.17. The van der Waals surface area contributed by atoms with Crippen LogP contribution in [0.4, 0.5) is 0 Å². The number of nitrogens with one attached hydrogen (secondary N) is 2. The third-order valence-corrected chi connectivity index (χ3v) is 6.41. The SMILES string of the molecule is CC(=O)N1CCN=C(NCCCCOc2ccc(C[C@@H](NC(=O)c3c(Cl)cccc3Cl)C(=O)O)cc2)C1. The largest absolute Gasteiger partial charge is 0.494 e. The minimum absolute atomic E-state index is 0.0424. The predicted molar refractivity (Wildman–Crippen MR) is 143 cm³/mol. The molecular formula is C26H30Cl2N4O5. The molecule has 3 rings (SSSR count). The number of hydrogen-bond acceptors (Lipinski definition) is 6. The molecule has 0 radical (unpaired) electrons. The van der Waals surface area contributed by atoms with Crippen LogP contribution in [0.1, 0.15) is 35.7 Å². The van der Waals surface area contributed by atoms with Gasteiger partial charge in [-0.1, -0.05) is 41.4 Å². The Bertz CT molecular complexity index is 1120. The number of carbonyl (C=O) groups is 3. The standard InChI is InChI=1S/C26H30Cl2N4O5/c1-17(33)32-13-12-30-23(16-32)29-11-2-3-14-37-19-9-7-18(8-10-19)15-22(26(35)36)31-25(34)24-20(27)5-4-6-21(24)28/h4-10,22H,2-3,11-16H2,1H3,(H,29,30)(H,31,34)(H,35,36)/t22-/m1/s1. The van der Waals surface area contributed by atoms with E-state index in [1.165, 1.54) is 12.1 Å². The van der Waals surface area contributed by atoms with Gasteiger partial charge in [-0.25, -0.2) is 4.79 Å². The highest BCUT2D eigenvalue weighted by molar-refractivity contribution is 6.39. The highest BCUT2D eigenvalue weighted by Gasteiger charge is 2.24. The Morgan fingerprint density at radius 3 is 2.46 bits per heavy atom. The number of carbonyl (C=O) groups excluding carboxylic acids is 2. The van der Waals surface area contributed by atoms with Gasteiger partial charge in [0.05, 0.1) is 35.3 Å². The van der Waals surface area contributed by atoms with Crippen molar-refractivity contribution in [3.63, 3.8) is 0 Å². The average molecular weight is 549 g/mol. The summed E-state index contributed by atoms with van der Waals surface area (Å²) in [5.41, 5.74) is 0.767. The summed E-state index contributed by atoms with van der Waals surface area (Å²) in [6, 6.07) is 10.6. The van der Waals surface area contributed by atoms with Crippen LogP contribution >= 0.6 is 23.2 Å². The molecule has 2 aromatic carbocycles. The summed E-state index contributed by atoms with van der Waals surface area (Å²) >= 11 is 12.1. The number of carboxylic acid groups (broad SMARTS) is 1. The molecule has 37 heavy (non-hydrogen) atoms. The fourth-order valence-electron chi connectivity index (χ4n) is 3.75. The molecular weight excluding hydrogens is 519 g/mol. The van der Waals surface area contributed by atoms with Crippen molar-refractivity contribution in [2.45, 2.75) is 32.2 Å². The lowest BCUT2D eigenvalue weighted by atomic mass is 10.1. The number of nitrogens with zero attached hydrogens (tertiary/aromatic N) is 2. The zero-order valence-electron chi connectivity index (χ0n) is 20.5. The summed E-state index contributed by atoms with van der Waals surface area (Å²) in [4.78, 5) is 42.0. The van der Waals surface area contributed by atoms with Gasteiger partial charge in [0.2, 0.25) is 5.91 Å². The third kappa shape index (κ3) is 8.65. The summed E-state index contributed by atoms with van der Waals surface area (Å²) < 4.78 is 5.78. The zero-order valence-corrected chi connectivity index (χ0v) is 22.0. The molecule has 0 aromatic heterocycles. The first-order chi connectivity index (χ1) is 17.7. The number of benzene rings is 2. The van der Waals surface area contributed by atoms with E-state index in [-0.39, 0.29) is 27.9 Å². The Labute approximate surface area is 225 Å². The maximum absolute atomic E-state index is 12.6. The van der Waals surface area contributed by atoms with E-state index < -0.39 is 17.9 Å². The van der Waals surface area contributed by atoms with E-state index in [1.54, 1.807) is 42.2 Å². The molecule has 198 valence electrons. The van der Waals surface area contributed by atoms with Crippen LogP contribution in [0.15, 0.2) is 47.5 Å². The van der Waals surface area contributed by atoms with Gasteiger partial charge in [0.15, 0.2) is 0 Å².